The average molecular weight is 436 g/mol. The molecule has 1 amide bonds. The van der Waals surface area contributed by atoms with Gasteiger partial charge in [-0.3, -0.25) is 4.79 Å². The van der Waals surface area contributed by atoms with E-state index in [2.05, 4.69) is 10.4 Å². The lowest BCUT2D eigenvalue weighted by molar-refractivity contribution is -0.117. The van der Waals surface area contributed by atoms with Crippen LogP contribution >= 0.6 is 34.4 Å². The van der Waals surface area contributed by atoms with Crippen molar-refractivity contribution in [2.75, 3.05) is 13.7 Å². The predicted octanol–water partition coefficient (Wildman–Crippen LogP) is 4.30. The molecule has 0 radical (unpaired) electrons. The van der Waals surface area contributed by atoms with Crippen LogP contribution < -0.4 is 15.2 Å². The predicted molar refractivity (Wildman–Crippen MR) is 115 cm³/mol. The maximum Gasteiger partial charge on any atom is 0.222 e. The Balaban J connectivity index is 1.68. The number of aromatic nitrogens is 2. The standard InChI is InChI=1S/C19H21N3O3S3/c1-4-25-14-6-5-12(7-15(14)24-3)18-22-13(9-26-18)10-27-19-21-11(2)16(28-19)8-17(20)23/h5-7,9H,4,8,10H2,1-3H3,(H2,20,23). The van der Waals surface area contributed by atoms with Crippen molar-refractivity contribution in [3.63, 3.8) is 0 Å². The van der Waals surface area contributed by atoms with Gasteiger partial charge >= 0.3 is 0 Å². The van der Waals surface area contributed by atoms with Gasteiger partial charge in [0, 0.05) is 21.6 Å². The van der Waals surface area contributed by atoms with Crippen LogP contribution in [0.4, 0.5) is 0 Å². The van der Waals surface area contributed by atoms with Crippen molar-refractivity contribution in [1.82, 2.24) is 9.97 Å². The summed E-state index contributed by atoms with van der Waals surface area (Å²) >= 11 is 4.73. The van der Waals surface area contributed by atoms with Crippen LogP contribution in [-0.4, -0.2) is 29.6 Å². The van der Waals surface area contributed by atoms with Crippen LogP contribution in [0.15, 0.2) is 27.9 Å². The Kier molecular flexibility index (Phi) is 6.93. The molecule has 0 aliphatic heterocycles. The van der Waals surface area contributed by atoms with Crippen molar-refractivity contribution in [2.45, 2.75) is 30.4 Å². The van der Waals surface area contributed by atoms with Gasteiger partial charge in [-0.1, -0.05) is 11.8 Å². The molecule has 1 aromatic carbocycles. The second-order valence-electron chi connectivity index (χ2n) is 5.86. The number of amides is 1. The molecule has 0 spiro atoms. The Bertz CT molecular complexity index is 968. The summed E-state index contributed by atoms with van der Waals surface area (Å²) < 4.78 is 11.9. The van der Waals surface area contributed by atoms with Gasteiger partial charge in [-0.2, -0.15) is 0 Å². The van der Waals surface area contributed by atoms with Crippen molar-refractivity contribution in [2.24, 2.45) is 5.73 Å². The smallest absolute Gasteiger partial charge is 0.222 e. The van der Waals surface area contributed by atoms with Crippen molar-refractivity contribution >= 4 is 40.3 Å². The molecule has 2 N–H and O–H groups in total. The summed E-state index contributed by atoms with van der Waals surface area (Å²) in [5.74, 6) is 1.81. The highest BCUT2D eigenvalue weighted by atomic mass is 32.2. The lowest BCUT2D eigenvalue weighted by Crippen LogP contribution is -2.13. The van der Waals surface area contributed by atoms with Crippen molar-refractivity contribution in [3.05, 3.63) is 39.8 Å². The van der Waals surface area contributed by atoms with E-state index in [9.17, 15) is 4.79 Å². The number of hydrogen-bond donors (Lipinski definition) is 1. The van der Waals surface area contributed by atoms with Crippen LogP contribution in [0.25, 0.3) is 10.6 Å². The van der Waals surface area contributed by atoms with Crippen LogP contribution in [0, 0.1) is 6.92 Å². The minimum atomic E-state index is -0.335. The van der Waals surface area contributed by atoms with Crippen molar-refractivity contribution in [1.29, 1.82) is 0 Å². The largest absolute Gasteiger partial charge is 0.493 e. The van der Waals surface area contributed by atoms with E-state index < -0.39 is 0 Å². The van der Waals surface area contributed by atoms with Crippen LogP contribution in [0.2, 0.25) is 0 Å². The van der Waals surface area contributed by atoms with Crippen LogP contribution in [-0.2, 0) is 17.0 Å². The number of thioether (sulfide) groups is 1. The van der Waals surface area contributed by atoms with E-state index in [0.29, 0.717) is 18.1 Å². The van der Waals surface area contributed by atoms with Crippen LogP contribution in [0.3, 0.4) is 0 Å². The first-order valence-electron chi connectivity index (χ1n) is 8.63. The highest BCUT2D eigenvalue weighted by Crippen LogP contribution is 2.35. The summed E-state index contributed by atoms with van der Waals surface area (Å²) in [6.45, 7) is 4.43. The number of methoxy groups -OCH3 is 1. The number of hydrogen-bond acceptors (Lipinski definition) is 8. The van der Waals surface area contributed by atoms with Gasteiger partial charge in [0.05, 0.1) is 31.5 Å². The lowest BCUT2D eigenvalue weighted by Gasteiger charge is -2.09. The molecule has 6 nitrogen and oxygen atoms in total. The summed E-state index contributed by atoms with van der Waals surface area (Å²) in [5.41, 5.74) is 8.13. The van der Waals surface area contributed by atoms with E-state index in [1.54, 1.807) is 30.2 Å². The van der Waals surface area contributed by atoms with Crippen molar-refractivity contribution in [3.8, 4) is 22.1 Å². The molecule has 0 bridgehead atoms. The summed E-state index contributed by atoms with van der Waals surface area (Å²) in [6, 6.07) is 5.84. The Morgan fingerprint density at radius 3 is 2.82 bits per heavy atom. The zero-order valence-corrected chi connectivity index (χ0v) is 18.3. The monoisotopic (exact) mass is 435 g/mol. The first kappa shape index (κ1) is 20.6. The van der Waals surface area contributed by atoms with Gasteiger partial charge in [-0.15, -0.1) is 22.7 Å². The molecule has 28 heavy (non-hydrogen) atoms. The fraction of sp³-hybridized carbons (Fsp3) is 0.316. The molecule has 0 unspecified atom stereocenters. The van der Waals surface area contributed by atoms with Crippen LogP contribution in [0.1, 0.15) is 23.2 Å². The zero-order chi connectivity index (χ0) is 20.1. The Morgan fingerprint density at radius 2 is 2.11 bits per heavy atom. The third-order valence-corrected chi connectivity index (χ3v) is 7.09. The summed E-state index contributed by atoms with van der Waals surface area (Å²) in [5, 5.41) is 2.98. The van der Waals surface area contributed by atoms with E-state index in [1.807, 2.05) is 32.0 Å². The molecule has 0 aliphatic carbocycles. The molecule has 0 saturated carbocycles. The van der Waals surface area contributed by atoms with E-state index in [0.717, 1.165) is 36.9 Å². The number of carbonyl (C=O) groups is 1. The van der Waals surface area contributed by atoms with E-state index in [-0.39, 0.29) is 12.3 Å². The van der Waals surface area contributed by atoms with Gasteiger partial charge in [-0.05, 0) is 32.0 Å². The Morgan fingerprint density at radius 1 is 1.29 bits per heavy atom. The zero-order valence-electron chi connectivity index (χ0n) is 15.9. The van der Waals surface area contributed by atoms with Gasteiger partial charge in [0.1, 0.15) is 5.01 Å². The first-order chi connectivity index (χ1) is 13.5. The maximum absolute atomic E-state index is 11.1. The molecule has 148 valence electrons. The quantitative estimate of drug-likeness (QED) is 0.504. The number of rotatable bonds is 9. The molecule has 0 atom stereocenters. The minimum Gasteiger partial charge on any atom is -0.493 e. The number of aryl methyl sites for hydroxylation is 1. The molecular formula is C19H21N3O3S3. The molecule has 3 aromatic rings. The van der Waals surface area contributed by atoms with Crippen LogP contribution in [0.5, 0.6) is 11.5 Å². The second kappa shape index (κ2) is 9.40. The third kappa shape index (κ3) is 5.03. The van der Waals surface area contributed by atoms with E-state index in [4.69, 9.17) is 20.2 Å². The summed E-state index contributed by atoms with van der Waals surface area (Å²) in [6.07, 6.45) is 0.241. The first-order valence-corrected chi connectivity index (χ1v) is 11.3. The molecule has 2 aromatic heterocycles. The Labute approximate surface area is 176 Å². The molecule has 0 saturated heterocycles. The fourth-order valence-corrected chi connectivity index (χ4v) is 5.56. The number of carbonyl (C=O) groups excluding carboxylic acids is 1. The minimum absolute atomic E-state index is 0.241. The maximum atomic E-state index is 11.1. The summed E-state index contributed by atoms with van der Waals surface area (Å²) in [4.78, 5) is 21.3. The average Bonchev–Trinajstić information content (AvgIpc) is 3.27. The van der Waals surface area contributed by atoms with Gasteiger partial charge < -0.3 is 15.2 Å². The second-order valence-corrected chi connectivity index (χ2v) is 9.03. The number of primary amides is 1. The third-order valence-electron chi connectivity index (χ3n) is 3.81. The molecule has 9 heteroatoms. The lowest BCUT2D eigenvalue weighted by atomic mass is 10.2. The number of ether oxygens (including phenoxy) is 2. The molecule has 3 rings (SSSR count). The number of thiazole rings is 2. The van der Waals surface area contributed by atoms with Gasteiger partial charge in [-0.25, -0.2) is 9.97 Å². The van der Waals surface area contributed by atoms with Gasteiger partial charge in [0.25, 0.3) is 0 Å². The number of nitrogens with two attached hydrogens (primary N) is 1. The molecule has 0 aliphatic rings. The number of nitrogens with zero attached hydrogens (tertiary/aromatic N) is 2. The fourth-order valence-electron chi connectivity index (χ4n) is 2.50. The number of benzene rings is 1. The van der Waals surface area contributed by atoms with Gasteiger partial charge in [0.15, 0.2) is 15.8 Å². The highest BCUT2D eigenvalue weighted by molar-refractivity contribution is 8.00. The topological polar surface area (TPSA) is 87.3 Å². The SMILES string of the molecule is CCOc1ccc(-c2nc(CSc3nc(C)c(CC(N)=O)s3)cs2)cc1OC. The molecule has 0 fully saturated rings. The Hall–Kier alpha value is -2.10. The normalized spacial score (nSPS) is 10.8. The summed E-state index contributed by atoms with van der Waals surface area (Å²) in [7, 11) is 1.63. The van der Waals surface area contributed by atoms with E-state index in [1.165, 1.54) is 11.3 Å². The molecule has 2 heterocycles. The van der Waals surface area contributed by atoms with Gasteiger partial charge in [0.2, 0.25) is 5.91 Å². The molecular weight excluding hydrogens is 414 g/mol. The van der Waals surface area contributed by atoms with Crippen molar-refractivity contribution < 1.29 is 14.3 Å². The van der Waals surface area contributed by atoms with E-state index >= 15 is 0 Å². The highest BCUT2D eigenvalue weighted by Gasteiger charge is 2.13.